The lowest BCUT2D eigenvalue weighted by atomic mass is 9.98. The van der Waals surface area contributed by atoms with E-state index in [1.807, 2.05) is 30.3 Å². The molecular formula is C51H59N5O. The van der Waals surface area contributed by atoms with E-state index in [2.05, 4.69) is 106 Å². The maximum atomic E-state index is 11.6. The molecule has 0 N–H and O–H groups in total. The Morgan fingerprint density at radius 2 is 0.842 bits per heavy atom. The summed E-state index contributed by atoms with van der Waals surface area (Å²) in [5.74, 6) is 0.364. The van der Waals surface area contributed by atoms with Crippen molar-refractivity contribution in [1.29, 1.82) is 0 Å². The molecule has 4 fully saturated rings. The van der Waals surface area contributed by atoms with Crippen LogP contribution in [0.2, 0.25) is 0 Å². The number of para-hydroxylation sites is 2. The number of aromatic nitrogens is 2. The maximum absolute atomic E-state index is 11.6. The first-order valence-electron chi connectivity index (χ1n) is 21.9. The first kappa shape index (κ1) is 38.8. The van der Waals surface area contributed by atoms with Gasteiger partial charge in [-0.15, -0.1) is 0 Å². The van der Waals surface area contributed by atoms with E-state index < -0.39 is 0 Å². The predicted octanol–water partition coefficient (Wildman–Crippen LogP) is 11.8. The number of hydrogen-bond donors (Lipinski definition) is 0. The molecular weight excluding hydrogens is 699 g/mol. The number of likely N-dealkylation sites (tertiary alicyclic amines) is 1. The van der Waals surface area contributed by atoms with E-state index in [-0.39, 0.29) is 0 Å². The first-order chi connectivity index (χ1) is 28.2. The Hall–Kier alpha value is -5.07. The zero-order valence-electron chi connectivity index (χ0n) is 33.7. The molecule has 0 bridgehead atoms. The van der Waals surface area contributed by atoms with Gasteiger partial charge in [-0.1, -0.05) is 142 Å². The summed E-state index contributed by atoms with van der Waals surface area (Å²) in [5.41, 5.74) is 9.00. The van der Waals surface area contributed by atoms with E-state index >= 15 is 0 Å². The van der Waals surface area contributed by atoms with Gasteiger partial charge in [0.25, 0.3) is 0 Å². The summed E-state index contributed by atoms with van der Waals surface area (Å²) < 4.78 is 0. The molecule has 2 aromatic heterocycles. The van der Waals surface area contributed by atoms with E-state index in [0.717, 1.165) is 65.6 Å². The number of carbonyl (C=O) groups is 1. The number of rotatable bonds is 5. The molecule has 1 saturated carbocycles. The molecule has 0 unspecified atom stereocenters. The monoisotopic (exact) mass is 757 g/mol. The average Bonchev–Trinajstić information content (AvgIpc) is 3.30. The van der Waals surface area contributed by atoms with Crippen molar-refractivity contribution in [1.82, 2.24) is 14.9 Å². The van der Waals surface area contributed by atoms with Crippen molar-refractivity contribution < 1.29 is 4.79 Å². The highest BCUT2D eigenvalue weighted by Gasteiger charge is 2.27. The molecule has 5 heterocycles. The lowest BCUT2D eigenvalue weighted by Crippen LogP contribution is -2.46. The van der Waals surface area contributed by atoms with Crippen LogP contribution >= 0.6 is 0 Å². The molecule has 6 heteroatoms. The van der Waals surface area contributed by atoms with E-state index in [1.54, 1.807) is 0 Å². The van der Waals surface area contributed by atoms with E-state index in [9.17, 15) is 4.79 Å². The molecule has 0 spiro atoms. The van der Waals surface area contributed by atoms with Gasteiger partial charge in [-0.3, -0.25) is 4.79 Å². The fourth-order valence-electron chi connectivity index (χ4n) is 9.16. The molecule has 0 amide bonds. The second kappa shape index (κ2) is 19.4. The van der Waals surface area contributed by atoms with Gasteiger partial charge in [-0.25, -0.2) is 9.97 Å². The van der Waals surface area contributed by atoms with Gasteiger partial charge in [-0.2, -0.15) is 0 Å². The Bertz CT molecular complexity index is 2170. The number of fused-ring (bicyclic) bond motifs is 2. The smallest absolute Gasteiger partial charge is 0.136 e. The van der Waals surface area contributed by atoms with Crippen molar-refractivity contribution in [3.05, 3.63) is 121 Å². The topological polar surface area (TPSA) is 52.6 Å². The minimum absolute atomic E-state index is 0.364. The number of benzene rings is 4. The van der Waals surface area contributed by atoms with E-state index in [4.69, 9.17) is 9.97 Å². The number of ketones is 1. The lowest BCUT2D eigenvalue weighted by molar-refractivity contribution is -0.119. The molecule has 1 aliphatic carbocycles. The largest absolute Gasteiger partial charge is 0.371 e. The van der Waals surface area contributed by atoms with Crippen LogP contribution in [0.4, 0.5) is 11.4 Å². The Kier molecular flexibility index (Phi) is 13.2. The van der Waals surface area contributed by atoms with Crippen LogP contribution in [0.1, 0.15) is 83.5 Å². The summed E-state index contributed by atoms with van der Waals surface area (Å²) >= 11 is 0. The van der Waals surface area contributed by atoms with Gasteiger partial charge in [0.1, 0.15) is 5.78 Å². The Balaban J connectivity index is 0.000000141. The number of anilines is 2. The number of hydrogen-bond acceptors (Lipinski definition) is 6. The molecule has 0 atom stereocenters. The van der Waals surface area contributed by atoms with Gasteiger partial charge in [0.2, 0.25) is 0 Å². The fourth-order valence-corrected chi connectivity index (χ4v) is 9.16. The standard InChI is InChI=1S/C25H29N3.C20H18N2O.C6H12/c1-3-9-20(10-4-1)24-19-25(22-11-5-6-12-23(22)26-24)28-17-13-21(14-18-28)27-15-7-2-8-16-27;23-16-10-12-22(13-11-16)20-14-19(15-6-2-1-3-7-15)21-18-9-5-4-8-17(18)20;1-2-4-6-5-3-1/h1,3-6,9-12,19,21H,2,7-8,13-18H2;1-9,14H,10-13H2;1-6H2. The minimum Gasteiger partial charge on any atom is -0.371 e. The molecule has 3 saturated heterocycles. The third kappa shape index (κ3) is 9.91. The van der Waals surface area contributed by atoms with Crippen molar-refractivity contribution in [2.45, 2.75) is 89.5 Å². The Morgan fingerprint density at radius 3 is 1.32 bits per heavy atom. The average molecular weight is 758 g/mol. The number of pyridine rings is 2. The lowest BCUT2D eigenvalue weighted by Gasteiger charge is -2.41. The molecule has 4 aromatic carbocycles. The third-order valence-electron chi connectivity index (χ3n) is 12.4. The number of Topliss-reactive ketones (excluding diaryl/α,β-unsaturated/α-hetero) is 1. The maximum Gasteiger partial charge on any atom is 0.136 e. The van der Waals surface area contributed by atoms with E-state index in [1.165, 1.54) is 106 Å². The second-order valence-electron chi connectivity index (χ2n) is 16.3. The van der Waals surface area contributed by atoms with Crippen LogP contribution in [0.5, 0.6) is 0 Å². The van der Waals surface area contributed by atoms with Crippen LogP contribution in [0, 0.1) is 0 Å². The number of piperidine rings is 3. The van der Waals surface area contributed by atoms with E-state index in [0.29, 0.717) is 18.6 Å². The van der Waals surface area contributed by atoms with Crippen LogP contribution in [-0.4, -0.2) is 66.0 Å². The molecule has 294 valence electrons. The van der Waals surface area contributed by atoms with Crippen molar-refractivity contribution >= 4 is 39.0 Å². The quantitative estimate of drug-likeness (QED) is 0.175. The molecule has 57 heavy (non-hydrogen) atoms. The Morgan fingerprint density at radius 1 is 0.439 bits per heavy atom. The van der Waals surface area contributed by atoms with Gasteiger partial charge < -0.3 is 14.7 Å². The number of nitrogens with zero attached hydrogens (tertiary/aromatic N) is 5. The van der Waals surface area contributed by atoms with Gasteiger partial charge in [0.15, 0.2) is 0 Å². The molecule has 3 aliphatic heterocycles. The fraction of sp³-hybridized carbons (Fsp3) is 0.392. The minimum atomic E-state index is 0.364. The Labute approximate surface area is 339 Å². The summed E-state index contributed by atoms with van der Waals surface area (Å²) in [7, 11) is 0. The van der Waals surface area contributed by atoms with Gasteiger partial charge in [-0.05, 0) is 63.0 Å². The predicted molar refractivity (Wildman–Crippen MR) is 239 cm³/mol. The summed E-state index contributed by atoms with van der Waals surface area (Å²) in [6.07, 6.45) is 17.0. The molecule has 4 aliphatic rings. The first-order valence-corrected chi connectivity index (χ1v) is 21.9. The summed E-state index contributed by atoms with van der Waals surface area (Å²) in [5, 5.41) is 2.43. The van der Waals surface area contributed by atoms with Crippen LogP contribution in [-0.2, 0) is 4.79 Å². The second-order valence-corrected chi connectivity index (χ2v) is 16.3. The highest BCUT2D eigenvalue weighted by atomic mass is 16.1. The SMILES string of the molecule is C1CCCCC1.O=C1CCN(c2cc(-c3ccccc3)nc3ccccc23)CC1.c1ccc(-c2cc(N3CCC(N4CCCCC4)CC3)c3ccccc3n2)cc1. The molecule has 0 radical (unpaired) electrons. The summed E-state index contributed by atoms with van der Waals surface area (Å²) in [6.45, 7) is 6.48. The van der Waals surface area contributed by atoms with Crippen molar-refractivity contribution in [2.24, 2.45) is 0 Å². The highest BCUT2D eigenvalue weighted by Crippen LogP contribution is 2.34. The normalized spacial score (nSPS) is 18.1. The number of carbonyl (C=O) groups excluding carboxylic acids is 1. The van der Waals surface area contributed by atoms with Gasteiger partial charge in [0.05, 0.1) is 22.4 Å². The van der Waals surface area contributed by atoms with Crippen molar-refractivity contribution in [3.8, 4) is 22.5 Å². The highest BCUT2D eigenvalue weighted by molar-refractivity contribution is 5.96. The van der Waals surface area contributed by atoms with Gasteiger partial charge in [0, 0.05) is 78.3 Å². The van der Waals surface area contributed by atoms with Gasteiger partial charge >= 0.3 is 0 Å². The zero-order chi connectivity index (χ0) is 38.7. The third-order valence-corrected chi connectivity index (χ3v) is 12.4. The van der Waals surface area contributed by atoms with Crippen molar-refractivity contribution in [2.75, 3.05) is 49.1 Å². The molecule has 10 rings (SSSR count). The van der Waals surface area contributed by atoms with Crippen molar-refractivity contribution in [3.63, 3.8) is 0 Å². The molecule has 6 nitrogen and oxygen atoms in total. The zero-order valence-corrected chi connectivity index (χ0v) is 33.7. The summed E-state index contributed by atoms with van der Waals surface area (Å²) in [4.78, 5) is 29.0. The van der Waals surface area contributed by atoms with Crippen LogP contribution < -0.4 is 9.80 Å². The van der Waals surface area contributed by atoms with Crippen LogP contribution in [0.15, 0.2) is 121 Å². The summed E-state index contributed by atoms with van der Waals surface area (Å²) in [6, 6.07) is 42.9. The van der Waals surface area contributed by atoms with Crippen LogP contribution in [0.3, 0.4) is 0 Å². The van der Waals surface area contributed by atoms with Crippen LogP contribution in [0.25, 0.3) is 44.3 Å². The molecule has 6 aromatic rings.